The summed E-state index contributed by atoms with van der Waals surface area (Å²) in [4.78, 5) is 2.54. The summed E-state index contributed by atoms with van der Waals surface area (Å²) in [5, 5.41) is 3.36. The molecule has 0 unspecified atom stereocenters. The quantitative estimate of drug-likeness (QED) is 0.826. The van der Waals surface area contributed by atoms with Crippen molar-refractivity contribution in [3.63, 3.8) is 0 Å². The van der Waals surface area contributed by atoms with E-state index in [4.69, 9.17) is 0 Å². The van der Waals surface area contributed by atoms with Crippen LogP contribution in [0.5, 0.6) is 0 Å². The van der Waals surface area contributed by atoms with Crippen LogP contribution in [0.4, 0.5) is 11.4 Å². The molecular weight excluding hydrogens is 292 g/mol. The van der Waals surface area contributed by atoms with E-state index in [2.05, 4.69) is 65.7 Å². The van der Waals surface area contributed by atoms with Crippen molar-refractivity contribution in [1.82, 2.24) is 0 Å². The van der Waals surface area contributed by atoms with Gasteiger partial charge in [-0.25, -0.2) is 0 Å². The number of aryl methyl sites for hydroxylation is 2. The fraction of sp³-hybridized carbons (Fsp3) is 0.455. The van der Waals surface area contributed by atoms with E-state index in [0.717, 1.165) is 6.54 Å². The highest BCUT2D eigenvalue weighted by Crippen LogP contribution is 2.26. The number of hydrogen-bond acceptors (Lipinski definition) is 2. The van der Waals surface area contributed by atoms with E-state index in [1.165, 1.54) is 74.1 Å². The number of anilines is 2. The van der Waals surface area contributed by atoms with Crippen LogP contribution in [0.25, 0.3) is 0 Å². The second-order valence-corrected chi connectivity index (χ2v) is 6.76. The van der Waals surface area contributed by atoms with Crippen LogP contribution in [0.3, 0.4) is 0 Å². The molecule has 2 aliphatic heterocycles. The molecule has 0 spiro atoms. The van der Waals surface area contributed by atoms with Crippen molar-refractivity contribution in [3.05, 3.63) is 59.7 Å². The first kappa shape index (κ1) is 16.9. The van der Waals surface area contributed by atoms with Crippen LogP contribution in [0.1, 0.15) is 43.7 Å². The van der Waals surface area contributed by atoms with Gasteiger partial charge >= 0.3 is 0 Å². The molecule has 0 saturated heterocycles. The van der Waals surface area contributed by atoms with Gasteiger partial charge in [0, 0.05) is 31.0 Å². The summed E-state index contributed by atoms with van der Waals surface area (Å²) in [7, 11) is 0. The van der Waals surface area contributed by atoms with E-state index in [0.29, 0.717) is 0 Å². The fourth-order valence-electron chi connectivity index (χ4n) is 3.61. The van der Waals surface area contributed by atoms with Gasteiger partial charge in [0.1, 0.15) is 0 Å². The largest absolute Gasteiger partial charge is 0.385 e. The molecule has 0 aromatic heterocycles. The van der Waals surface area contributed by atoms with E-state index in [-0.39, 0.29) is 0 Å². The Hall–Kier alpha value is -1.96. The maximum Gasteiger partial charge on any atom is 0.0398 e. The van der Waals surface area contributed by atoms with E-state index in [1.807, 2.05) is 0 Å². The first-order chi connectivity index (χ1) is 11.9. The number of hydrogen-bond donors (Lipinski definition) is 1. The maximum absolute atomic E-state index is 3.36. The third-order valence-electron chi connectivity index (χ3n) is 4.94. The predicted octanol–water partition coefficient (Wildman–Crippen LogP) is 5.28. The van der Waals surface area contributed by atoms with Crippen molar-refractivity contribution >= 4 is 11.4 Å². The molecule has 0 amide bonds. The Labute approximate surface area is 146 Å². The highest BCUT2D eigenvalue weighted by molar-refractivity contribution is 5.55. The molecule has 2 aromatic carbocycles. The van der Waals surface area contributed by atoms with Crippen LogP contribution < -0.4 is 10.2 Å². The zero-order chi connectivity index (χ0) is 16.6. The Bertz CT molecular complexity index is 610. The Morgan fingerprint density at radius 1 is 0.917 bits per heavy atom. The first-order valence-electron chi connectivity index (χ1n) is 9.53. The topological polar surface area (TPSA) is 15.3 Å². The highest BCUT2D eigenvalue weighted by Gasteiger charge is 2.14. The van der Waals surface area contributed by atoms with Crippen molar-refractivity contribution in [2.24, 2.45) is 0 Å². The smallest absolute Gasteiger partial charge is 0.0398 e. The van der Waals surface area contributed by atoms with Gasteiger partial charge in [0.2, 0.25) is 0 Å². The molecule has 0 radical (unpaired) electrons. The molecule has 0 bridgehead atoms. The van der Waals surface area contributed by atoms with Crippen LogP contribution in [-0.4, -0.2) is 19.6 Å². The Kier molecular flexibility index (Phi) is 6.17. The lowest BCUT2D eigenvalue weighted by atomic mass is 10.0. The zero-order valence-electron chi connectivity index (χ0n) is 14.9. The van der Waals surface area contributed by atoms with Gasteiger partial charge in [0.25, 0.3) is 0 Å². The average Bonchev–Trinajstić information content (AvgIpc) is 2.67. The molecule has 128 valence electrons. The van der Waals surface area contributed by atoms with Gasteiger partial charge < -0.3 is 10.2 Å². The molecule has 0 atom stereocenters. The van der Waals surface area contributed by atoms with E-state index in [1.54, 1.807) is 0 Å². The van der Waals surface area contributed by atoms with Gasteiger partial charge in [-0.2, -0.15) is 0 Å². The highest BCUT2D eigenvalue weighted by atomic mass is 15.1. The van der Waals surface area contributed by atoms with Gasteiger partial charge in [-0.05, 0) is 55.4 Å². The van der Waals surface area contributed by atoms with Crippen molar-refractivity contribution in [1.29, 1.82) is 0 Å². The van der Waals surface area contributed by atoms with Gasteiger partial charge in [0.15, 0.2) is 0 Å². The van der Waals surface area contributed by atoms with Crippen molar-refractivity contribution in [2.45, 2.75) is 45.4 Å². The summed E-state index contributed by atoms with van der Waals surface area (Å²) >= 11 is 0. The third-order valence-corrected chi connectivity index (χ3v) is 4.94. The molecule has 2 aliphatic rings. The van der Waals surface area contributed by atoms with Crippen molar-refractivity contribution in [3.8, 4) is 0 Å². The summed E-state index contributed by atoms with van der Waals surface area (Å²) < 4.78 is 0. The number of fused-ring (bicyclic) bond motifs is 2. The number of unbranched alkanes of at least 4 members (excludes halogenated alkanes) is 1. The summed E-state index contributed by atoms with van der Waals surface area (Å²) in [5.74, 6) is 0. The molecule has 2 nitrogen and oxygen atoms in total. The van der Waals surface area contributed by atoms with Crippen LogP contribution in [0.2, 0.25) is 0 Å². The fourth-order valence-corrected chi connectivity index (χ4v) is 3.61. The lowest BCUT2D eigenvalue weighted by molar-refractivity contribution is 0.658. The van der Waals surface area contributed by atoms with Gasteiger partial charge in [-0.15, -0.1) is 0 Å². The number of benzene rings is 2. The second kappa shape index (κ2) is 8.77. The van der Waals surface area contributed by atoms with E-state index in [9.17, 15) is 0 Å². The molecule has 2 heterocycles. The van der Waals surface area contributed by atoms with Crippen molar-refractivity contribution < 1.29 is 0 Å². The van der Waals surface area contributed by atoms with E-state index < -0.39 is 0 Å². The summed E-state index contributed by atoms with van der Waals surface area (Å²) in [6, 6.07) is 17.4. The minimum absolute atomic E-state index is 1.14. The minimum atomic E-state index is 1.14. The van der Waals surface area contributed by atoms with E-state index >= 15 is 0 Å². The SMILES string of the molecule is CCCCN1CCCc2ccccc21.c1ccc2c(c1)CCCN2. The lowest BCUT2D eigenvalue weighted by Crippen LogP contribution is -2.30. The summed E-state index contributed by atoms with van der Waals surface area (Å²) in [6.45, 7) is 5.87. The van der Waals surface area contributed by atoms with Gasteiger partial charge in [-0.1, -0.05) is 49.7 Å². The number of para-hydroxylation sites is 2. The predicted molar refractivity (Wildman–Crippen MR) is 105 cm³/mol. The molecule has 4 rings (SSSR count). The number of rotatable bonds is 3. The molecule has 2 heteroatoms. The first-order valence-corrected chi connectivity index (χ1v) is 9.53. The second-order valence-electron chi connectivity index (χ2n) is 6.76. The standard InChI is InChI=1S/C13H19N.C9H11N/c1-2-3-10-14-11-6-8-12-7-4-5-9-13(12)14;1-2-6-9-8(4-1)5-3-7-10-9/h4-5,7,9H,2-3,6,8,10-11H2,1H3;1-2,4,6,10H,3,5,7H2. The summed E-state index contributed by atoms with van der Waals surface area (Å²) in [6.07, 6.45) is 7.70. The lowest BCUT2D eigenvalue weighted by Gasteiger charge is -2.31. The van der Waals surface area contributed by atoms with Gasteiger partial charge in [-0.3, -0.25) is 0 Å². The number of nitrogens with one attached hydrogen (secondary N) is 1. The Balaban J connectivity index is 0.000000149. The van der Waals surface area contributed by atoms with Gasteiger partial charge in [0.05, 0.1) is 0 Å². The number of nitrogens with zero attached hydrogens (tertiary/aromatic N) is 1. The Morgan fingerprint density at radius 2 is 1.67 bits per heavy atom. The maximum atomic E-state index is 3.36. The molecule has 0 fully saturated rings. The monoisotopic (exact) mass is 322 g/mol. The average molecular weight is 322 g/mol. The van der Waals surface area contributed by atoms with Crippen LogP contribution in [-0.2, 0) is 12.8 Å². The molecular formula is C22H30N2. The molecule has 0 aliphatic carbocycles. The Morgan fingerprint density at radius 3 is 2.50 bits per heavy atom. The zero-order valence-corrected chi connectivity index (χ0v) is 14.9. The third kappa shape index (κ3) is 4.31. The molecule has 0 saturated carbocycles. The van der Waals surface area contributed by atoms with Crippen LogP contribution in [0, 0.1) is 0 Å². The van der Waals surface area contributed by atoms with Crippen LogP contribution >= 0.6 is 0 Å². The minimum Gasteiger partial charge on any atom is -0.385 e. The molecule has 24 heavy (non-hydrogen) atoms. The molecule has 2 aromatic rings. The molecule has 1 N–H and O–H groups in total. The normalized spacial score (nSPS) is 15.5. The van der Waals surface area contributed by atoms with Crippen molar-refractivity contribution in [2.75, 3.05) is 29.9 Å². The van der Waals surface area contributed by atoms with Crippen LogP contribution in [0.15, 0.2) is 48.5 Å². The summed E-state index contributed by atoms with van der Waals surface area (Å²) in [5.41, 5.74) is 5.81.